The first-order valence-corrected chi connectivity index (χ1v) is 3.97. The maximum atomic E-state index is 11.0. The Balaban J connectivity index is 2.93. The summed E-state index contributed by atoms with van der Waals surface area (Å²) in [6, 6.07) is 7.00. The summed E-state index contributed by atoms with van der Waals surface area (Å²) in [4.78, 5) is 11.0. The molecule has 0 aromatic heterocycles. The number of nitrogen functional groups attached to an aromatic ring is 1. The smallest absolute Gasteiger partial charge is 0.265 e. The second-order valence-corrected chi connectivity index (χ2v) is 2.57. The minimum Gasteiger partial charge on any atom is -0.290 e. The number of carbonyl (C=O) groups is 1. The van der Waals surface area contributed by atoms with E-state index in [9.17, 15) is 4.79 Å². The Labute approximate surface area is 75.5 Å². The lowest BCUT2D eigenvalue weighted by Gasteiger charge is -2.00. The van der Waals surface area contributed by atoms with Crippen molar-refractivity contribution in [3.8, 4) is 0 Å². The molecule has 0 saturated heterocycles. The van der Waals surface area contributed by atoms with Crippen LogP contribution in [0.15, 0.2) is 24.3 Å². The van der Waals surface area contributed by atoms with Crippen LogP contribution in [0.4, 0.5) is 0 Å². The van der Waals surface area contributed by atoms with Crippen molar-refractivity contribution < 1.29 is 4.79 Å². The molecule has 3 N–H and O–H groups in total. The van der Waals surface area contributed by atoms with Crippen LogP contribution in [0.25, 0.3) is 0 Å². The molecule has 4 heteroatoms. The maximum absolute atomic E-state index is 11.0. The minimum absolute atomic E-state index is 0.304. The summed E-state index contributed by atoms with van der Waals surface area (Å²) in [7, 11) is 0. The number of amides is 1. The molecule has 1 aromatic carbocycles. The lowest BCUT2D eigenvalue weighted by molar-refractivity contribution is 0.0953. The molecule has 1 rings (SSSR count). The summed E-state index contributed by atoms with van der Waals surface area (Å²) >= 11 is 5.58. The molecule has 0 fully saturated rings. The van der Waals surface area contributed by atoms with Crippen LogP contribution < -0.4 is 11.3 Å². The normalized spacial score (nSPS) is 9.50. The maximum Gasteiger partial charge on any atom is 0.265 e. The number of hydrazine groups is 1. The molecule has 64 valence electrons. The first-order chi connectivity index (χ1) is 5.77. The highest BCUT2D eigenvalue weighted by Crippen LogP contribution is 2.07. The zero-order valence-electron chi connectivity index (χ0n) is 6.38. The van der Waals surface area contributed by atoms with Gasteiger partial charge in [-0.1, -0.05) is 12.1 Å². The fourth-order valence-electron chi connectivity index (χ4n) is 0.879. The van der Waals surface area contributed by atoms with Crippen LogP contribution in [-0.2, 0) is 5.88 Å². The third-order valence-electron chi connectivity index (χ3n) is 1.47. The van der Waals surface area contributed by atoms with Crippen molar-refractivity contribution in [2.45, 2.75) is 5.88 Å². The van der Waals surface area contributed by atoms with E-state index < -0.39 is 0 Å². The molecule has 0 aliphatic heterocycles. The fraction of sp³-hybridized carbons (Fsp3) is 0.125. The second-order valence-electron chi connectivity index (χ2n) is 2.31. The van der Waals surface area contributed by atoms with Gasteiger partial charge in [0.15, 0.2) is 0 Å². The van der Waals surface area contributed by atoms with Crippen molar-refractivity contribution >= 4 is 17.5 Å². The van der Waals surface area contributed by atoms with Gasteiger partial charge in [-0.05, 0) is 17.7 Å². The van der Waals surface area contributed by atoms with Gasteiger partial charge in [0.25, 0.3) is 5.91 Å². The van der Waals surface area contributed by atoms with Crippen molar-refractivity contribution in [1.82, 2.24) is 5.43 Å². The molecule has 0 spiro atoms. The molecule has 0 unspecified atom stereocenters. The van der Waals surface area contributed by atoms with Gasteiger partial charge in [-0.15, -0.1) is 11.6 Å². The lowest BCUT2D eigenvalue weighted by Crippen LogP contribution is -2.29. The topological polar surface area (TPSA) is 55.1 Å². The SMILES string of the molecule is NNC(=O)c1cccc(CCl)c1. The van der Waals surface area contributed by atoms with Crippen LogP contribution in [0.1, 0.15) is 15.9 Å². The van der Waals surface area contributed by atoms with Crippen LogP contribution in [0.2, 0.25) is 0 Å². The molecule has 0 heterocycles. The van der Waals surface area contributed by atoms with Crippen LogP contribution in [0.3, 0.4) is 0 Å². The Morgan fingerprint density at radius 1 is 1.58 bits per heavy atom. The van der Waals surface area contributed by atoms with Crippen LogP contribution in [0.5, 0.6) is 0 Å². The molecular weight excluding hydrogens is 176 g/mol. The van der Waals surface area contributed by atoms with Gasteiger partial charge in [0, 0.05) is 11.4 Å². The Bertz CT molecular complexity index is 288. The number of alkyl halides is 1. The van der Waals surface area contributed by atoms with Crippen LogP contribution in [0, 0.1) is 0 Å². The summed E-state index contributed by atoms with van der Waals surface area (Å²) in [6.45, 7) is 0. The zero-order valence-corrected chi connectivity index (χ0v) is 7.14. The predicted molar refractivity (Wildman–Crippen MR) is 47.7 cm³/mol. The van der Waals surface area contributed by atoms with Gasteiger partial charge in [0.05, 0.1) is 0 Å². The van der Waals surface area contributed by atoms with Crippen molar-refractivity contribution in [1.29, 1.82) is 0 Å². The van der Waals surface area contributed by atoms with E-state index in [1.54, 1.807) is 18.2 Å². The van der Waals surface area contributed by atoms with Crippen molar-refractivity contribution in [3.63, 3.8) is 0 Å². The monoisotopic (exact) mass is 184 g/mol. The van der Waals surface area contributed by atoms with E-state index in [0.717, 1.165) is 5.56 Å². The number of rotatable bonds is 2. The zero-order chi connectivity index (χ0) is 8.97. The fourth-order valence-corrected chi connectivity index (χ4v) is 1.05. The Kier molecular flexibility index (Phi) is 3.08. The van der Waals surface area contributed by atoms with E-state index in [2.05, 4.69) is 5.43 Å². The highest BCUT2D eigenvalue weighted by molar-refractivity contribution is 6.17. The predicted octanol–water partition coefficient (Wildman–Crippen LogP) is 1.03. The molecule has 0 bridgehead atoms. The number of carbonyl (C=O) groups excluding carboxylic acids is 1. The van der Waals surface area contributed by atoms with Gasteiger partial charge >= 0.3 is 0 Å². The first-order valence-electron chi connectivity index (χ1n) is 3.43. The van der Waals surface area contributed by atoms with Crippen LogP contribution in [-0.4, -0.2) is 5.91 Å². The van der Waals surface area contributed by atoms with E-state index in [-0.39, 0.29) is 5.91 Å². The minimum atomic E-state index is -0.304. The van der Waals surface area contributed by atoms with E-state index >= 15 is 0 Å². The van der Waals surface area contributed by atoms with E-state index in [0.29, 0.717) is 11.4 Å². The summed E-state index contributed by atoms with van der Waals surface area (Å²) in [5.41, 5.74) is 3.48. The van der Waals surface area contributed by atoms with Crippen molar-refractivity contribution in [3.05, 3.63) is 35.4 Å². The molecule has 0 saturated carbocycles. The Hall–Kier alpha value is -1.06. The van der Waals surface area contributed by atoms with E-state index in [1.165, 1.54) is 0 Å². The second kappa shape index (κ2) is 4.09. The molecule has 1 aromatic rings. The molecule has 1 amide bonds. The molecule has 0 aliphatic carbocycles. The molecule has 0 atom stereocenters. The number of hydrogen-bond donors (Lipinski definition) is 2. The highest BCUT2D eigenvalue weighted by Gasteiger charge is 2.02. The van der Waals surface area contributed by atoms with Gasteiger partial charge < -0.3 is 0 Å². The van der Waals surface area contributed by atoms with Crippen LogP contribution >= 0.6 is 11.6 Å². The largest absolute Gasteiger partial charge is 0.290 e. The third kappa shape index (κ3) is 1.96. The average Bonchev–Trinajstić information content (AvgIpc) is 2.17. The molecular formula is C8H9ClN2O. The standard InChI is InChI=1S/C8H9ClN2O/c9-5-6-2-1-3-7(4-6)8(12)11-10/h1-4H,5,10H2,(H,11,12). The Morgan fingerprint density at radius 3 is 2.92 bits per heavy atom. The number of hydrogen-bond acceptors (Lipinski definition) is 2. The lowest BCUT2D eigenvalue weighted by atomic mass is 10.1. The van der Waals surface area contributed by atoms with Gasteiger partial charge in [0.2, 0.25) is 0 Å². The average molecular weight is 185 g/mol. The highest BCUT2D eigenvalue weighted by atomic mass is 35.5. The van der Waals surface area contributed by atoms with Gasteiger partial charge in [-0.25, -0.2) is 5.84 Å². The molecule has 3 nitrogen and oxygen atoms in total. The van der Waals surface area contributed by atoms with Crippen molar-refractivity contribution in [2.75, 3.05) is 0 Å². The van der Waals surface area contributed by atoms with Gasteiger partial charge in [0.1, 0.15) is 0 Å². The number of nitrogens with two attached hydrogens (primary N) is 1. The number of halogens is 1. The number of nitrogens with one attached hydrogen (secondary N) is 1. The molecule has 0 radical (unpaired) electrons. The summed E-state index contributed by atoms with van der Waals surface area (Å²) < 4.78 is 0. The summed E-state index contributed by atoms with van der Waals surface area (Å²) in [6.07, 6.45) is 0. The molecule has 12 heavy (non-hydrogen) atoms. The first kappa shape index (κ1) is 9.03. The van der Waals surface area contributed by atoms with Crippen molar-refractivity contribution in [2.24, 2.45) is 5.84 Å². The van der Waals surface area contributed by atoms with E-state index in [4.69, 9.17) is 17.4 Å². The van der Waals surface area contributed by atoms with E-state index in [1.807, 2.05) is 6.07 Å². The summed E-state index contributed by atoms with van der Waals surface area (Å²) in [5.74, 6) is 5.05. The third-order valence-corrected chi connectivity index (χ3v) is 1.78. The Morgan fingerprint density at radius 2 is 2.33 bits per heavy atom. The molecule has 0 aliphatic rings. The van der Waals surface area contributed by atoms with Gasteiger partial charge in [-0.2, -0.15) is 0 Å². The number of benzene rings is 1. The van der Waals surface area contributed by atoms with Gasteiger partial charge in [-0.3, -0.25) is 10.2 Å². The summed E-state index contributed by atoms with van der Waals surface area (Å²) in [5, 5.41) is 0. The quantitative estimate of drug-likeness (QED) is 0.312.